The molecule has 1 aliphatic rings. The van der Waals surface area contributed by atoms with Gasteiger partial charge in [-0.2, -0.15) is 0 Å². The molecule has 0 unspecified atom stereocenters. The van der Waals surface area contributed by atoms with Crippen molar-refractivity contribution in [2.45, 2.75) is 59.5 Å². The summed E-state index contributed by atoms with van der Waals surface area (Å²) in [4.78, 5) is 37.8. The van der Waals surface area contributed by atoms with Gasteiger partial charge in [-0.05, 0) is 53.0 Å². The minimum atomic E-state index is -0.637. The first-order valence-electron chi connectivity index (χ1n) is 9.11. The zero-order chi connectivity index (χ0) is 20.4. The lowest BCUT2D eigenvalue weighted by molar-refractivity contribution is -0.115. The molecule has 0 atom stereocenters. The van der Waals surface area contributed by atoms with E-state index in [0.29, 0.717) is 30.5 Å². The number of carbonyl (C=O) groups excluding carboxylic acids is 3. The first-order chi connectivity index (χ1) is 12.5. The topological polar surface area (TPSA) is 75.7 Å². The molecule has 1 aliphatic carbocycles. The van der Waals surface area contributed by atoms with Gasteiger partial charge < -0.3 is 4.74 Å². The summed E-state index contributed by atoms with van der Waals surface area (Å²) in [5, 5.41) is 1.18. The van der Waals surface area contributed by atoms with Crippen LogP contribution in [0.15, 0.2) is 29.5 Å². The maximum Gasteiger partial charge on any atom is 0.428 e. The lowest BCUT2D eigenvalue weighted by Gasteiger charge is -2.28. The number of hydrogen-bond donors (Lipinski definition) is 1. The van der Waals surface area contributed by atoms with Gasteiger partial charge in [0, 0.05) is 24.7 Å². The molecule has 1 amide bonds. The fraction of sp³-hybridized carbons (Fsp3) is 0.476. The highest BCUT2D eigenvalue weighted by molar-refractivity contribution is 6.27. The Balaban J connectivity index is 2.33. The molecule has 0 aliphatic heterocycles. The molecule has 146 valence electrons. The van der Waals surface area contributed by atoms with Gasteiger partial charge in [0.15, 0.2) is 11.6 Å². The van der Waals surface area contributed by atoms with Crippen molar-refractivity contribution in [3.05, 3.63) is 46.2 Å². The van der Waals surface area contributed by atoms with Crippen LogP contribution in [0.4, 0.5) is 4.79 Å². The van der Waals surface area contributed by atoms with E-state index in [2.05, 4.69) is 5.43 Å². The van der Waals surface area contributed by atoms with Crippen LogP contribution in [0.3, 0.4) is 0 Å². The van der Waals surface area contributed by atoms with Crippen molar-refractivity contribution in [2.24, 2.45) is 0 Å². The van der Waals surface area contributed by atoms with Gasteiger partial charge in [-0.15, -0.1) is 0 Å². The zero-order valence-corrected chi connectivity index (χ0v) is 16.9. The minimum Gasteiger partial charge on any atom is -0.442 e. The number of ether oxygens (including phenoxy) is 1. The van der Waals surface area contributed by atoms with E-state index in [4.69, 9.17) is 4.74 Å². The zero-order valence-electron chi connectivity index (χ0n) is 16.9. The predicted octanol–water partition coefficient (Wildman–Crippen LogP) is 3.86. The molecule has 0 bridgehead atoms. The van der Waals surface area contributed by atoms with E-state index < -0.39 is 11.7 Å². The number of rotatable bonds is 4. The second-order valence-electron chi connectivity index (χ2n) is 7.93. The number of allylic oxidation sites excluding steroid dienone is 2. The van der Waals surface area contributed by atoms with E-state index in [1.54, 1.807) is 26.8 Å². The molecule has 0 aromatic heterocycles. The molecule has 0 spiro atoms. The maximum atomic E-state index is 13.1. The van der Waals surface area contributed by atoms with Crippen LogP contribution in [0.2, 0.25) is 0 Å². The van der Waals surface area contributed by atoms with E-state index in [1.807, 2.05) is 26.0 Å². The SMILES string of the molecule is Cc1ccc(C(=O)C2=C(NN(C)C(=O)OC(C)(C)C)CCCC2=O)c(C)c1. The second-order valence-corrected chi connectivity index (χ2v) is 7.93. The summed E-state index contributed by atoms with van der Waals surface area (Å²) in [5.41, 5.74) is 5.23. The number of ketones is 2. The summed E-state index contributed by atoms with van der Waals surface area (Å²) >= 11 is 0. The number of carbonyl (C=O) groups is 3. The Morgan fingerprint density at radius 2 is 1.81 bits per heavy atom. The van der Waals surface area contributed by atoms with Crippen LogP contribution in [0.5, 0.6) is 0 Å². The molecule has 0 radical (unpaired) electrons. The number of Topliss-reactive ketones (excluding diaryl/α,β-unsaturated/α-hetero) is 2. The van der Waals surface area contributed by atoms with Gasteiger partial charge in [-0.3, -0.25) is 15.0 Å². The minimum absolute atomic E-state index is 0.128. The molecular weight excluding hydrogens is 344 g/mol. The fourth-order valence-electron chi connectivity index (χ4n) is 3.00. The molecule has 0 saturated carbocycles. The van der Waals surface area contributed by atoms with Crippen molar-refractivity contribution < 1.29 is 19.1 Å². The molecule has 0 heterocycles. The van der Waals surface area contributed by atoms with Gasteiger partial charge in [-0.25, -0.2) is 9.80 Å². The monoisotopic (exact) mass is 372 g/mol. The number of nitrogens with one attached hydrogen (secondary N) is 1. The largest absolute Gasteiger partial charge is 0.442 e. The van der Waals surface area contributed by atoms with E-state index >= 15 is 0 Å². The Bertz CT molecular complexity index is 803. The molecule has 27 heavy (non-hydrogen) atoms. The quantitative estimate of drug-likeness (QED) is 0.493. The Hall–Kier alpha value is -2.63. The van der Waals surface area contributed by atoms with Gasteiger partial charge in [0.1, 0.15) is 5.60 Å². The Morgan fingerprint density at radius 1 is 1.15 bits per heavy atom. The van der Waals surface area contributed by atoms with Crippen LogP contribution in [-0.4, -0.2) is 35.3 Å². The number of hydrazine groups is 1. The lowest BCUT2D eigenvalue weighted by atomic mass is 9.88. The van der Waals surface area contributed by atoms with E-state index in [9.17, 15) is 14.4 Å². The number of hydrogen-bond acceptors (Lipinski definition) is 5. The highest BCUT2D eigenvalue weighted by atomic mass is 16.6. The third-order valence-corrected chi connectivity index (χ3v) is 4.23. The summed E-state index contributed by atoms with van der Waals surface area (Å²) < 4.78 is 5.31. The van der Waals surface area contributed by atoms with Gasteiger partial charge in [0.25, 0.3) is 0 Å². The third-order valence-electron chi connectivity index (χ3n) is 4.23. The number of benzene rings is 1. The summed E-state index contributed by atoms with van der Waals surface area (Å²) in [6.45, 7) is 9.13. The van der Waals surface area contributed by atoms with Crippen molar-refractivity contribution in [1.29, 1.82) is 0 Å². The Kier molecular flexibility index (Phi) is 6.08. The number of amides is 1. The molecule has 6 nitrogen and oxygen atoms in total. The normalized spacial score (nSPS) is 14.8. The molecule has 2 rings (SSSR count). The molecule has 0 saturated heterocycles. The maximum absolute atomic E-state index is 13.1. The highest BCUT2D eigenvalue weighted by Crippen LogP contribution is 2.25. The second kappa shape index (κ2) is 7.94. The first-order valence-corrected chi connectivity index (χ1v) is 9.11. The van der Waals surface area contributed by atoms with E-state index in [-0.39, 0.29) is 17.1 Å². The van der Waals surface area contributed by atoms with Crippen molar-refractivity contribution in [3.63, 3.8) is 0 Å². The van der Waals surface area contributed by atoms with E-state index in [0.717, 1.165) is 11.1 Å². The Labute approximate surface area is 160 Å². The lowest BCUT2D eigenvalue weighted by Crippen LogP contribution is -2.44. The van der Waals surface area contributed by atoms with Crippen molar-refractivity contribution >= 4 is 17.7 Å². The standard InChI is InChI=1S/C21H28N2O4/c1-13-10-11-15(14(2)12-13)19(25)18-16(8-7-9-17(18)24)22-23(6)20(26)27-21(3,4)5/h10-12,22H,7-9H2,1-6H3. The molecule has 0 fully saturated rings. The number of nitrogens with zero attached hydrogens (tertiary/aromatic N) is 1. The summed E-state index contributed by atoms with van der Waals surface area (Å²) in [6.07, 6.45) is 0.900. The molecular formula is C21H28N2O4. The van der Waals surface area contributed by atoms with Crippen LogP contribution in [0, 0.1) is 13.8 Å². The first kappa shape index (κ1) is 20.7. The van der Waals surface area contributed by atoms with Crippen molar-refractivity contribution in [2.75, 3.05) is 7.05 Å². The van der Waals surface area contributed by atoms with Crippen LogP contribution in [0.1, 0.15) is 61.5 Å². The van der Waals surface area contributed by atoms with Crippen LogP contribution in [-0.2, 0) is 9.53 Å². The molecule has 6 heteroatoms. The summed E-state index contributed by atoms with van der Waals surface area (Å²) in [5.74, 6) is -0.511. The third kappa shape index (κ3) is 5.18. The van der Waals surface area contributed by atoms with Crippen molar-refractivity contribution in [3.8, 4) is 0 Å². The average molecular weight is 372 g/mol. The average Bonchev–Trinajstić information content (AvgIpc) is 2.52. The van der Waals surface area contributed by atoms with Crippen LogP contribution < -0.4 is 5.43 Å². The van der Waals surface area contributed by atoms with Crippen LogP contribution >= 0.6 is 0 Å². The van der Waals surface area contributed by atoms with Gasteiger partial charge >= 0.3 is 6.09 Å². The smallest absolute Gasteiger partial charge is 0.428 e. The summed E-state index contributed by atoms with van der Waals surface area (Å²) in [6, 6.07) is 5.52. The molecule has 1 aromatic carbocycles. The highest BCUT2D eigenvalue weighted by Gasteiger charge is 2.30. The van der Waals surface area contributed by atoms with Crippen LogP contribution in [0.25, 0.3) is 0 Å². The molecule has 1 aromatic rings. The molecule has 1 N–H and O–H groups in total. The summed E-state index contributed by atoms with van der Waals surface area (Å²) in [7, 11) is 1.51. The number of aryl methyl sites for hydroxylation is 2. The predicted molar refractivity (Wildman–Crippen MR) is 103 cm³/mol. The fourth-order valence-corrected chi connectivity index (χ4v) is 3.00. The Morgan fingerprint density at radius 3 is 2.41 bits per heavy atom. The van der Waals surface area contributed by atoms with Gasteiger partial charge in [0.05, 0.1) is 5.57 Å². The van der Waals surface area contributed by atoms with Gasteiger partial charge in [0.2, 0.25) is 0 Å². The van der Waals surface area contributed by atoms with Crippen molar-refractivity contribution in [1.82, 2.24) is 10.4 Å². The van der Waals surface area contributed by atoms with Gasteiger partial charge in [-0.1, -0.05) is 23.8 Å². The van der Waals surface area contributed by atoms with E-state index in [1.165, 1.54) is 12.1 Å².